The van der Waals surface area contributed by atoms with Gasteiger partial charge >= 0.3 is 0 Å². The molecule has 0 aromatic carbocycles. The molecule has 0 aromatic rings. The molecule has 0 radical (unpaired) electrons. The van der Waals surface area contributed by atoms with Crippen molar-refractivity contribution in [3.63, 3.8) is 0 Å². The van der Waals surface area contributed by atoms with Crippen molar-refractivity contribution in [2.24, 2.45) is 22.6 Å². The lowest BCUT2D eigenvalue weighted by molar-refractivity contribution is 0.184. The van der Waals surface area contributed by atoms with Crippen LogP contribution in [0, 0.1) is 11.8 Å². The summed E-state index contributed by atoms with van der Waals surface area (Å²) in [6.45, 7) is 2.77. The Balaban J connectivity index is 1.67. The molecule has 0 spiro atoms. The van der Waals surface area contributed by atoms with Gasteiger partial charge in [-0.05, 0) is 31.6 Å². The highest BCUT2D eigenvalue weighted by atomic mass is 16.5. The van der Waals surface area contributed by atoms with Crippen LogP contribution >= 0.6 is 0 Å². The number of hydrogen-bond donors (Lipinski definition) is 1. The Morgan fingerprint density at radius 3 is 2.73 bits per heavy atom. The summed E-state index contributed by atoms with van der Waals surface area (Å²) in [5, 5.41) is 0. The van der Waals surface area contributed by atoms with Gasteiger partial charge in [0.1, 0.15) is 0 Å². The van der Waals surface area contributed by atoms with Gasteiger partial charge < -0.3 is 10.5 Å². The molecule has 3 heteroatoms. The lowest BCUT2D eigenvalue weighted by Gasteiger charge is -2.09. The van der Waals surface area contributed by atoms with Crippen LogP contribution in [0.5, 0.6) is 0 Å². The number of rotatable bonds is 4. The molecule has 0 amide bonds. The average Bonchev–Trinajstić information content (AvgIpc) is 2.90. The van der Waals surface area contributed by atoms with Crippen molar-refractivity contribution in [3.8, 4) is 0 Å². The molecule has 3 nitrogen and oxygen atoms in total. The van der Waals surface area contributed by atoms with Gasteiger partial charge in [0, 0.05) is 25.7 Å². The molecular weight excluding hydrogens is 188 g/mol. The van der Waals surface area contributed by atoms with Crippen LogP contribution in [-0.2, 0) is 4.74 Å². The topological polar surface area (TPSA) is 47.6 Å². The van der Waals surface area contributed by atoms with E-state index in [1.54, 1.807) is 0 Å². The van der Waals surface area contributed by atoms with Crippen molar-refractivity contribution < 1.29 is 4.74 Å². The Hall–Kier alpha value is -0.570. The molecule has 2 fully saturated rings. The zero-order valence-electron chi connectivity index (χ0n) is 9.45. The van der Waals surface area contributed by atoms with Gasteiger partial charge in [0.15, 0.2) is 0 Å². The minimum absolute atomic E-state index is 0.588. The fourth-order valence-electron chi connectivity index (χ4n) is 2.54. The van der Waals surface area contributed by atoms with Crippen molar-refractivity contribution in [1.82, 2.24) is 0 Å². The highest BCUT2D eigenvalue weighted by molar-refractivity contribution is 5.83. The normalized spacial score (nSPS) is 28.8. The van der Waals surface area contributed by atoms with E-state index in [-0.39, 0.29) is 0 Å². The van der Waals surface area contributed by atoms with Gasteiger partial charge in [0.25, 0.3) is 0 Å². The maximum Gasteiger partial charge on any atom is 0.0968 e. The van der Waals surface area contributed by atoms with Crippen LogP contribution in [0.15, 0.2) is 4.99 Å². The second-order valence-corrected chi connectivity index (χ2v) is 4.81. The van der Waals surface area contributed by atoms with Crippen LogP contribution in [0.3, 0.4) is 0 Å². The predicted molar refractivity (Wildman–Crippen MR) is 62.0 cm³/mol. The summed E-state index contributed by atoms with van der Waals surface area (Å²) >= 11 is 0. The Morgan fingerprint density at radius 1 is 1.27 bits per heavy atom. The number of amidine groups is 1. The van der Waals surface area contributed by atoms with Crippen molar-refractivity contribution in [1.29, 1.82) is 0 Å². The van der Waals surface area contributed by atoms with E-state index < -0.39 is 0 Å². The third-order valence-electron chi connectivity index (χ3n) is 3.63. The van der Waals surface area contributed by atoms with Gasteiger partial charge in [-0.25, -0.2) is 0 Å². The van der Waals surface area contributed by atoms with Crippen LogP contribution in [0.4, 0.5) is 0 Å². The number of ether oxygens (including phenoxy) is 1. The second kappa shape index (κ2) is 5.50. The molecule has 1 saturated carbocycles. The van der Waals surface area contributed by atoms with Gasteiger partial charge in [0.2, 0.25) is 0 Å². The van der Waals surface area contributed by atoms with Gasteiger partial charge in [-0.3, -0.25) is 4.99 Å². The van der Waals surface area contributed by atoms with Crippen LogP contribution in [0.1, 0.15) is 38.5 Å². The van der Waals surface area contributed by atoms with E-state index >= 15 is 0 Å². The summed E-state index contributed by atoms with van der Waals surface area (Å²) < 4.78 is 5.33. The van der Waals surface area contributed by atoms with E-state index in [0.29, 0.717) is 5.92 Å². The molecule has 2 rings (SSSR count). The molecule has 1 aliphatic carbocycles. The SMILES string of the molecule is NC(=NCCC1CCOC1)C1CCCC1. The minimum Gasteiger partial charge on any atom is -0.387 e. The number of aliphatic imine (C=N–C) groups is 1. The summed E-state index contributed by atoms with van der Waals surface area (Å²) in [6.07, 6.45) is 7.52. The molecule has 2 aliphatic rings. The Morgan fingerprint density at radius 2 is 2.07 bits per heavy atom. The zero-order valence-corrected chi connectivity index (χ0v) is 9.45. The van der Waals surface area contributed by atoms with Gasteiger partial charge in [-0.15, -0.1) is 0 Å². The fraction of sp³-hybridized carbons (Fsp3) is 0.917. The Kier molecular flexibility index (Phi) is 4.01. The quantitative estimate of drug-likeness (QED) is 0.569. The lowest BCUT2D eigenvalue weighted by Crippen LogP contribution is -2.22. The molecule has 86 valence electrons. The first kappa shape index (κ1) is 10.9. The monoisotopic (exact) mass is 210 g/mol. The molecular formula is C12H22N2O. The molecule has 0 bridgehead atoms. The van der Waals surface area contributed by atoms with Gasteiger partial charge in [-0.1, -0.05) is 12.8 Å². The smallest absolute Gasteiger partial charge is 0.0968 e. The summed E-state index contributed by atoms with van der Waals surface area (Å²) in [5.74, 6) is 2.22. The van der Waals surface area contributed by atoms with Crippen LogP contribution in [0.2, 0.25) is 0 Å². The Labute approximate surface area is 92.1 Å². The van der Waals surface area contributed by atoms with Crippen molar-refractivity contribution >= 4 is 5.84 Å². The highest BCUT2D eigenvalue weighted by Gasteiger charge is 2.19. The first-order valence-corrected chi connectivity index (χ1v) is 6.24. The van der Waals surface area contributed by atoms with E-state index in [2.05, 4.69) is 4.99 Å². The molecule has 0 aromatic heterocycles. The first-order valence-electron chi connectivity index (χ1n) is 6.24. The minimum atomic E-state index is 0.588. The van der Waals surface area contributed by atoms with E-state index in [9.17, 15) is 0 Å². The van der Waals surface area contributed by atoms with E-state index in [4.69, 9.17) is 10.5 Å². The fourth-order valence-corrected chi connectivity index (χ4v) is 2.54. The number of nitrogens with zero attached hydrogens (tertiary/aromatic N) is 1. The van der Waals surface area contributed by atoms with Crippen LogP contribution < -0.4 is 5.73 Å². The second-order valence-electron chi connectivity index (χ2n) is 4.81. The summed E-state index contributed by atoms with van der Waals surface area (Å²) in [7, 11) is 0. The number of hydrogen-bond acceptors (Lipinski definition) is 2. The third-order valence-corrected chi connectivity index (χ3v) is 3.63. The first-order chi connectivity index (χ1) is 7.36. The van der Waals surface area contributed by atoms with E-state index in [0.717, 1.165) is 37.9 Å². The van der Waals surface area contributed by atoms with Crippen LogP contribution in [0.25, 0.3) is 0 Å². The van der Waals surface area contributed by atoms with Crippen molar-refractivity contribution in [3.05, 3.63) is 0 Å². The third kappa shape index (κ3) is 3.20. The Bertz CT molecular complexity index is 216. The maximum atomic E-state index is 5.98. The summed E-state index contributed by atoms with van der Waals surface area (Å²) in [4.78, 5) is 4.51. The maximum absolute atomic E-state index is 5.98. The zero-order chi connectivity index (χ0) is 10.5. The molecule has 1 atom stereocenters. The van der Waals surface area contributed by atoms with E-state index in [1.165, 1.54) is 32.1 Å². The molecule has 1 aliphatic heterocycles. The van der Waals surface area contributed by atoms with Crippen LogP contribution in [-0.4, -0.2) is 25.6 Å². The lowest BCUT2D eigenvalue weighted by atomic mass is 10.1. The predicted octanol–water partition coefficient (Wildman–Crippen LogP) is 1.96. The van der Waals surface area contributed by atoms with Crippen molar-refractivity contribution in [2.75, 3.05) is 19.8 Å². The molecule has 15 heavy (non-hydrogen) atoms. The largest absolute Gasteiger partial charge is 0.387 e. The average molecular weight is 210 g/mol. The standard InChI is InChI=1S/C12H22N2O/c13-12(11-3-1-2-4-11)14-7-5-10-6-8-15-9-10/h10-11H,1-9H2,(H2,13,14). The number of nitrogens with two attached hydrogens (primary N) is 1. The molecule has 1 unspecified atom stereocenters. The van der Waals surface area contributed by atoms with Crippen molar-refractivity contribution in [2.45, 2.75) is 38.5 Å². The van der Waals surface area contributed by atoms with Gasteiger partial charge in [-0.2, -0.15) is 0 Å². The van der Waals surface area contributed by atoms with Gasteiger partial charge in [0.05, 0.1) is 5.84 Å². The summed E-state index contributed by atoms with van der Waals surface area (Å²) in [6, 6.07) is 0. The summed E-state index contributed by atoms with van der Waals surface area (Å²) in [5.41, 5.74) is 5.98. The molecule has 1 heterocycles. The van der Waals surface area contributed by atoms with E-state index in [1.807, 2.05) is 0 Å². The highest BCUT2D eigenvalue weighted by Crippen LogP contribution is 2.24. The molecule has 2 N–H and O–H groups in total. The molecule has 1 saturated heterocycles.